The van der Waals surface area contributed by atoms with Gasteiger partial charge in [0.15, 0.2) is 11.3 Å². The molecule has 0 radical (unpaired) electrons. The van der Waals surface area contributed by atoms with E-state index in [4.69, 9.17) is 9.15 Å². The quantitative estimate of drug-likeness (QED) is 0.192. The van der Waals surface area contributed by atoms with Crippen molar-refractivity contribution >= 4 is 33.7 Å². The normalized spacial score (nSPS) is 17.6. The fraction of sp³-hybridized carbons (Fsp3) is 0.357. The van der Waals surface area contributed by atoms with Gasteiger partial charge in [-0.15, -0.1) is 0 Å². The Morgan fingerprint density at radius 2 is 2.09 bits per heavy atom. The summed E-state index contributed by atoms with van der Waals surface area (Å²) in [6.45, 7) is 5.26. The number of nitrogens with one attached hydrogen (secondary N) is 1. The van der Waals surface area contributed by atoms with Crippen LogP contribution in [0.4, 0.5) is 0 Å². The molecular formula is C28H33N3O4. The van der Waals surface area contributed by atoms with E-state index < -0.39 is 0 Å². The predicted octanol–water partition coefficient (Wildman–Crippen LogP) is 5.59. The number of fused-ring (bicyclic) bond motifs is 3. The number of hydrogen-bond acceptors (Lipinski definition) is 5. The van der Waals surface area contributed by atoms with Crippen LogP contribution in [0.5, 0.6) is 5.75 Å². The van der Waals surface area contributed by atoms with Gasteiger partial charge in [-0.2, -0.15) is 0 Å². The smallest absolute Gasteiger partial charge is 0.223 e. The van der Waals surface area contributed by atoms with Crippen LogP contribution < -0.4 is 10.2 Å². The molecule has 4 rings (SSSR count). The number of hydroxylamine groups is 1. The SMILES string of the molecule is CCC/C(=C\C=C(/C)C(=NC)NO)CN1CC(c2ccc(OC)c3oc4ccccc4c23)CC1=O. The van der Waals surface area contributed by atoms with Gasteiger partial charge in [-0.25, -0.2) is 0 Å². The number of benzene rings is 2. The number of methoxy groups -OCH3 is 1. The molecule has 2 N–H and O–H groups in total. The molecule has 2 aromatic carbocycles. The summed E-state index contributed by atoms with van der Waals surface area (Å²) in [5.74, 6) is 1.35. The van der Waals surface area contributed by atoms with Crippen molar-refractivity contribution in [2.75, 3.05) is 27.2 Å². The molecule has 3 aromatic rings. The standard InChI is InChI=1S/C28H33N3O4/c1-5-8-19(12-11-18(2)28(29-3)30-33)16-31-17-20(15-25(31)32)21-13-14-24(34-4)27-26(21)22-9-6-7-10-23(22)35-27/h6-7,9-14,20,33H,5,8,15-17H2,1-4H3,(H,29,30)/b18-11+,19-12+. The third kappa shape index (κ3) is 4.95. The number of carbonyl (C=O) groups is 1. The number of hydrogen-bond donors (Lipinski definition) is 2. The molecule has 1 atom stereocenters. The number of rotatable bonds is 8. The maximum Gasteiger partial charge on any atom is 0.223 e. The van der Waals surface area contributed by atoms with Crippen LogP contribution in [-0.2, 0) is 4.79 Å². The topological polar surface area (TPSA) is 87.3 Å². The number of nitrogens with zero attached hydrogens (tertiary/aromatic N) is 2. The van der Waals surface area contributed by atoms with E-state index in [0.29, 0.717) is 31.1 Å². The highest BCUT2D eigenvalue weighted by Crippen LogP contribution is 2.42. The molecular weight excluding hydrogens is 442 g/mol. The zero-order valence-corrected chi connectivity index (χ0v) is 20.8. The molecule has 7 nitrogen and oxygen atoms in total. The zero-order chi connectivity index (χ0) is 24.9. The Morgan fingerprint density at radius 1 is 1.29 bits per heavy atom. The lowest BCUT2D eigenvalue weighted by atomic mass is 9.93. The lowest BCUT2D eigenvalue weighted by molar-refractivity contribution is -0.127. The molecule has 7 heteroatoms. The number of para-hydroxylation sites is 1. The highest BCUT2D eigenvalue weighted by atomic mass is 16.5. The Morgan fingerprint density at radius 3 is 2.80 bits per heavy atom. The first-order valence-electron chi connectivity index (χ1n) is 12.0. The van der Waals surface area contributed by atoms with Crippen LogP contribution in [0.3, 0.4) is 0 Å². The summed E-state index contributed by atoms with van der Waals surface area (Å²) in [6.07, 6.45) is 6.31. The Balaban J connectivity index is 1.62. The van der Waals surface area contributed by atoms with Crippen molar-refractivity contribution in [2.45, 2.75) is 39.0 Å². The Bertz CT molecular complexity index is 1320. The highest BCUT2D eigenvalue weighted by Gasteiger charge is 2.33. The number of aliphatic imine (C=N–C) groups is 1. The first-order chi connectivity index (χ1) is 17.0. The second-order valence-electron chi connectivity index (χ2n) is 8.94. The average molecular weight is 476 g/mol. The van der Waals surface area contributed by atoms with E-state index >= 15 is 0 Å². The van der Waals surface area contributed by atoms with Crippen LogP contribution in [0.25, 0.3) is 21.9 Å². The zero-order valence-electron chi connectivity index (χ0n) is 20.8. The maximum absolute atomic E-state index is 13.1. The van der Waals surface area contributed by atoms with Crippen molar-refractivity contribution in [1.82, 2.24) is 10.4 Å². The second kappa shape index (κ2) is 10.8. The number of ether oxygens (including phenoxy) is 1. The van der Waals surface area contributed by atoms with Crippen LogP contribution >= 0.6 is 0 Å². The van der Waals surface area contributed by atoms with E-state index in [9.17, 15) is 10.0 Å². The number of likely N-dealkylation sites (tertiary alicyclic amines) is 1. The van der Waals surface area contributed by atoms with Gasteiger partial charge in [0.25, 0.3) is 0 Å². The van der Waals surface area contributed by atoms with Gasteiger partial charge in [0, 0.05) is 43.2 Å². The van der Waals surface area contributed by atoms with Crippen LogP contribution in [0.15, 0.2) is 69.1 Å². The average Bonchev–Trinajstić information content (AvgIpc) is 3.43. The number of carbonyl (C=O) groups excluding carboxylic acids is 1. The minimum absolute atomic E-state index is 0.0782. The van der Waals surface area contributed by atoms with Crippen molar-refractivity contribution in [3.63, 3.8) is 0 Å². The van der Waals surface area contributed by atoms with Crippen molar-refractivity contribution in [3.05, 3.63) is 65.3 Å². The first kappa shape index (κ1) is 24.5. The molecule has 1 unspecified atom stereocenters. The molecule has 1 amide bonds. The van der Waals surface area contributed by atoms with Crippen LogP contribution in [0.2, 0.25) is 0 Å². The van der Waals surface area contributed by atoms with Gasteiger partial charge >= 0.3 is 0 Å². The number of amides is 1. The maximum atomic E-state index is 13.1. The molecule has 1 aromatic heterocycles. The second-order valence-corrected chi connectivity index (χ2v) is 8.94. The minimum Gasteiger partial charge on any atom is -0.493 e. The molecule has 35 heavy (non-hydrogen) atoms. The molecule has 1 saturated heterocycles. The number of furan rings is 1. The summed E-state index contributed by atoms with van der Waals surface area (Å²) in [5.41, 5.74) is 6.78. The fourth-order valence-corrected chi connectivity index (χ4v) is 4.88. The molecule has 2 heterocycles. The summed E-state index contributed by atoms with van der Waals surface area (Å²) in [7, 11) is 3.26. The predicted molar refractivity (Wildman–Crippen MR) is 139 cm³/mol. The molecule has 184 valence electrons. The van der Waals surface area contributed by atoms with Gasteiger partial charge in [-0.1, -0.05) is 55.3 Å². The third-order valence-corrected chi connectivity index (χ3v) is 6.63. The van der Waals surface area contributed by atoms with E-state index in [1.54, 1.807) is 14.2 Å². The molecule has 1 fully saturated rings. The van der Waals surface area contributed by atoms with Crippen molar-refractivity contribution in [1.29, 1.82) is 0 Å². The largest absolute Gasteiger partial charge is 0.493 e. The third-order valence-electron chi connectivity index (χ3n) is 6.63. The van der Waals surface area contributed by atoms with Gasteiger partial charge < -0.3 is 14.1 Å². The Labute approximate surface area is 205 Å². The summed E-state index contributed by atoms with van der Waals surface area (Å²) < 4.78 is 11.7. The highest BCUT2D eigenvalue weighted by molar-refractivity contribution is 6.09. The summed E-state index contributed by atoms with van der Waals surface area (Å²) in [4.78, 5) is 19.0. The number of allylic oxidation sites excluding steroid dienone is 2. The van der Waals surface area contributed by atoms with Crippen LogP contribution in [0.1, 0.15) is 44.6 Å². The summed E-state index contributed by atoms with van der Waals surface area (Å²) in [5, 5.41) is 11.3. The van der Waals surface area contributed by atoms with Crippen molar-refractivity contribution < 1.29 is 19.2 Å². The monoisotopic (exact) mass is 475 g/mol. The Kier molecular flexibility index (Phi) is 7.56. The van der Waals surface area contributed by atoms with E-state index in [1.165, 1.54) is 5.57 Å². The molecule has 0 spiro atoms. The summed E-state index contributed by atoms with van der Waals surface area (Å²) in [6, 6.07) is 12.0. The lowest BCUT2D eigenvalue weighted by Gasteiger charge is -2.19. The molecule has 0 saturated carbocycles. The van der Waals surface area contributed by atoms with E-state index in [0.717, 1.165) is 45.9 Å². The number of amidine groups is 1. The van der Waals surface area contributed by atoms with Crippen molar-refractivity contribution in [3.8, 4) is 5.75 Å². The van der Waals surface area contributed by atoms with Gasteiger partial charge in [-0.3, -0.25) is 20.5 Å². The van der Waals surface area contributed by atoms with Crippen LogP contribution in [0, 0.1) is 0 Å². The van der Waals surface area contributed by atoms with Crippen LogP contribution in [-0.4, -0.2) is 49.1 Å². The molecule has 0 aliphatic carbocycles. The van der Waals surface area contributed by atoms with Gasteiger partial charge in [0.05, 0.1) is 7.11 Å². The van der Waals surface area contributed by atoms with Gasteiger partial charge in [0.1, 0.15) is 11.4 Å². The van der Waals surface area contributed by atoms with Gasteiger partial charge in [-0.05, 0) is 36.6 Å². The first-order valence-corrected chi connectivity index (χ1v) is 12.0. The van der Waals surface area contributed by atoms with E-state index in [-0.39, 0.29) is 11.8 Å². The van der Waals surface area contributed by atoms with Crippen molar-refractivity contribution in [2.24, 2.45) is 4.99 Å². The molecule has 0 bridgehead atoms. The minimum atomic E-state index is 0.0782. The fourth-order valence-electron chi connectivity index (χ4n) is 4.88. The van der Waals surface area contributed by atoms with E-state index in [1.807, 2.05) is 48.2 Å². The summed E-state index contributed by atoms with van der Waals surface area (Å²) >= 11 is 0. The molecule has 1 aliphatic heterocycles. The lowest BCUT2D eigenvalue weighted by Crippen LogP contribution is -2.27. The van der Waals surface area contributed by atoms with E-state index in [2.05, 4.69) is 29.5 Å². The van der Waals surface area contributed by atoms with Gasteiger partial charge in [0.2, 0.25) is 5.91 Å². The Hall–Kier alpha value is -3.58. The molecule has 1 aliphatic rings.